The third-order valence-electron chi connectivity index (χ3n) is 4.21. The molecular formula is C22H17BrClN3O3. The Morgan fingerprint density at radius 1 is 1.17 bits per heavy atom. The number of nitrogens with zero attached hydrogens (tertiary/aromatic N) is 2. The van der Waals surface area contributed by atoms with E-state index in [9.17, 15) is 4.79 Å². The fraction of sp³-hybridized carbons (Fsp3) is 0.0909. The summed E-state index contributed by atoms with van der Waals surface area (Å²) in [6, 6.07) is 18.0. The topological polar surface area (TPSA) is 69.3 Å². The van der Waals surface area contributed by atoms with Crippen LogP contribution in [0.15, 0.2) is 81.9 Å². The Bertz CT molecular complexity index is 1150. The Morgan fingerprint density at radius 3 is 2.77 bits per heavy atom. The van der Waals surface area contributed by atoms with Crippen molar-refractivity contribution in [2.45, 2.75) is 13.2 Å². The maximum absolute atomic E-state index is 12.5. The molecule has 0 saturated heterocycles. The van der Waals surface area contributed by atoms with E-state index in [2.05, 4.69) is 26.3 Å². The van der Waals surface area contributed by atoms with E-state index in [0.29, 0.717) is 28.8 Å². The highest BCUT2D eigenvalue weighted by molar-refractivity contribution is 9.10. The summed E-state index contributed by atoms with van der Waals surface area (Å²) in [5.74, 6) is 1.11. The summed E-state index contributed by atoms with van der Waals surface area (Å²) in [6.07, 6.45) is 3.62. The molecule has 1 amide bonds. The van der Waals surface area contributed by atoms with E-state index in [4.69, 9.17) is 20.8 Å². The number of ether oxygens (including phenoxy) is 1. The fourth-order valence-corrected chi connectivity index (χ4v) is 3.27. The lowest BCUT2D eigenvalue weighted by Crippen LogP contribution is -2.11. The van der Waals surface area contributed by atoms with Crippen molar-refractivity contribution in [2.75, 3.05) is 5.32 Å². The molecular weight excluding hydrogens is 470 g/mol. The lowest BCUT2D eigenvalue weighted by Gasteiger charge is -2.07. The molecule has 0 radical (unpaired) electrons. The molecule has 0 aliphatic rings. The molecule has 0 unspecified atom stereocenters. The molecule has 0 aliphatic carbocycles. The largest absolute Gasteiger partial charge is 0.486 e. The molecule has 2 aromatic carbocycles. The number of halogens is 2. The maximum Gasteiger partial charge on any atom is 0.291 e. The molecule has 0 aliphatic heterocycles. The van der Waals surface area contributed by atoms with Gasteiger partial charge in [0, 0.05) is 16.9 Å². The first-order valence-corrected chi connectivity index (χ1v) is 10.3. The molecule has 6 nitrogen and oxygen atoms in total. The minimum Gasteiger partial charge on any atom is -0.486 e. The van der Waals surface area contributed by atoms with Gasteiger partial charge < -0.3 is 14.5 Å². The molecule has 0 saturated carbocycles. The molecule has 2 heterocycles. The predicted octanol–water partition coefficient (Wildman–Crippen LogP) is 5.77. The first-order valence-electron chi connectivity index (χ1n) is 9.10. The number of benzene rings is 2. The average molecular weight is 487 g/mol. The van der Waals surface area contributed by atoms with Crippen LogP contribution in [0.2, 0.25) is 5.02 Å². The summed E-state index contributed by atoms with van der Waals surface area (Å²) < 4.78 is 14.0. The number of amides is 1. The molecule has 30 heavy (non-hydrogen) atoms. The zero-order chi connectivity index (χ0) is 20.9. The second-order valence-corrected chi connectivity index (χ2v) is 7.87. The number of aromatic nitrogens is 2. The molecule has 0 bridgehead atoms. The summed E-state index contributed by atoms with van der Waals surface area (Å²) in [6.45, 7) is 0.812. The van der Waals surface area contributed by atoms with E-state index in [1.54, 1.807) is 42.6 Å². The van der Waals surface area contributed by atoms with Crippen molar-refractivity contribution in [1.82, 2.24) is 9.78 Å². The summed E-state index contributed by atoms with van der Waals surface area (Å²) in [5.41, 5.74) is 1.69. The molecule has 0 fully saturated rings. The first-order chi connectivity index (χ1) is 14.5. The normalized spacial score (nSPS) is 10.7. The number of hydrogen-bond acceptors (Lipinski definition) is 4. The summed E-state index contributed by atoms with van der Waals surface area (Å²) in [7, 11) is 0. The van der Waals surface area contributed by atoms with Crippen molar-refractivity contribution < 1.29 is 13.9 Å². The average Bonchev–Trinajstić information content (AvgIpc) is 3.37. The highest BCUT2D eigenvalue weighted by Gasteiger charge is 2.12. The van der Waals surface area contributed by atoms with Crippen LogP contribution in [0, 0.1) is 0 Å². The van der Waals surface area contributed by atoms with Gasteiger partial charge in [-0.1, -0.05) is 23.7 Å². The van der Waals surface area contributed by atoms with E-state index in [0.717, 1.165) is 10.0 Å². The van der Waals surface area contributed by atoms with Crippen LogP contribution in [0.4, 0.5) is 5.69 Å². The molecule has 2 aromatic heterocycles. The number of nitrogens with one attached hydrogen (secondary N) is 1. The Kier molecular flexibility index (Phi) is 6.21. The lowest BCUT2D eigenvalue weighted by atomic mass is 10.2. The van der Waals surface area contributed by atoms with E-state index < -0.39 is 0 Å². The van der Waals surface area contributed by atoms with Gasteiger partial charge in [0.15, 0.2) is 5.76 Å². The van der Waals surface area contributed by atoms with Crippen molar-refractivity contribution in [3.63, 3.8) is 0 Å². The van der Waals surface area contributed by atoms with E-state index in [-0.39, 0.29) is 18.3 Å². The minimum atomic E-state index is -0.327. The standard InChI is InChI=1S/C22H17BrClN3O3/c23-16-11-25-27(13-16)12-15-2-1-3-18(10-15)26-22(28)21-9-8-20(30-21)14-29-19-6-4-17(24)5-7-19/h1-11,13H,12,14H2,(H,26,28). The minimum absolute atomic E-state index is 0.212. The Morgan fingerprint density at radius 2 is 2.00 bits per heavy atom. The van der Waals surface area contributed by atoms with Gasteiger partial charge in [-0.15, -0.1) is 0 Å². The first kappa shape index (κ1) is 20.3. The quantitative estimate of drug-likeness (QED) is 0.360. The third-order valence-corrected chi connectivity index (χ3v) is 4.87. The Hall–Kier alpha value is -3.03. The van der Waals surface area contributed by atoms with Gasteiger partial charge in [0.2, 0.25) is 0 Å². The summed E-state index contributed by atoms with van der Waals surface area (Å²) in [5, 5.41) is 7.74. The molecule has 152 valence electrons. The van der Waals surface area contributed by atoms with Crippen LogP contribution in [-0.4, -0.2) is 15.7 Å². The smallest absolute Gasteiger partial charge is 0.291 e. The molecule has 8 heteroatoms. The molecule has 0 spiro atoms. The van der Waals surface area contributed by atoms with Gasteiger partial charge in [-0.05, 0) is 70.0 Å². The van der Waals surface area contributed by atoms with Crippen LogP contribution in [-0.2, 0) is 13.2 Å². The molecule has 4 rings (SSSR count). The van der Waals surface area contributed by atoms with Crippen molar-refractivity contribution in [3.05, 3.63) is 99.6 Å². The molecule has 4 aromatic rings. The van der Waals surface area contributed by atoms with Crippen LogP contribution in [0.5, 0.6) is 5.75 Å². The van der Waals surface area contributed by atoms with Gasteiger partial charge in [0.1, 0.15) is 18.1 Å². The molecule has 1 N–H and O–H groups in total. The third kappa shape index (κ3) is 5.31. The monoisotopic (exact) mass is 485 g/mol. The second kappa shape index (κ2) is 9.19. The summed E-state index contributed by atoms with van der Waals surface area (Å²) >= 11 is 9.24. The van der Waals surface area contributed by atoms with Crippen LogP contribution in [0.1, 0.15) is 21.9 Å². The SMILES string of the molecule is O=C(Nc1cccc(Cn2cc(Br)cn2)c1)c1ccc(COc2ccc(Cl)cc2)o1. The van der Waals surface area contributed by atoms with Crippen LogP contribution < -0.4 is 10.1 Å². The zero-order valence-corrected chi connectivity index (χ0v) is 18.1. The van der Waals surface area contributed by atoms with Gasteiger partial charge in [-0.2, -0.15) is 5.10 Å². The van der Waals surface area contributed by atoms with E-state index in [1.165, 1.54) is 0 Å². The van der Waals surface area contributed by atoms with Crippen molar-refractivity contribution >= 4 is 39.1 Å². The fourth-order valence-electron chi connectivity index (χ4n) is 2.81. The van der Waals surface area contributed by atoms with Crippen molar-refractivity contribution in [1.29, 1.82) is 0 Å². The lowest BCUT2D eigenvalue weighted by molar-refractivity contribution is 0.0992. The number of furan rings is 1. The predicted molar refractivity (Wildman–Crippen MR) is 118 cm³/mol. The Balaban J connectivity index is 1.36. The zero-order valence-electron chi connectivity index (χ0n) is 15.7. The van der Waals surface area contributed by atoms with Crippen molar-refractivity contribution in [2.24, 2.45) is 0 Å². The van der Waals surface area contributed by atoms with Crippen LogP contribution >= 0.6 is 27.5 Å². The molecule has 0 atom stereocenters. The van der Waals surface area contributed by atoms with Gasteiger partial charge in [0.05, 0.1) is 17.2 Å². The number of carbonyl (C=O) groups excluding carboxylic acids is 1. The van der Waals surface area contributed by atoms with Gasteiger partial charge >= 0.3 is 0 Å². The van der Waals surface area contributed by atoms with Gasteiger partial charge in [0.25, 0.3) is 5.91 Å². The maximum atomic E-state index is 12.5. The summed E-state index contributed by atoms with van der Waals surface area (Å²) in [4.78, 5) is 12.5. The van der Waals surface area contributed by atoms with E-state index >= 15 is 0 Å². The van der Waals surface area contributed by atoms with Crippen LogP contribution in [0.3, 0.4) is 0 Å². The highest BCUT2D eigenvalue weighted by Crippen LogP contribution is 2.19. The van der Waals surface area contributed by atoms with Crippen molar-refractivity contribution in [3.8, 4) is 5.75 Å². The highest BCUT2D eigenvalue weighted by atomic mass is 79.9. The Labute approximate surface area is 186 Å². The number of carbonyl (C=O) groups is 1. The number of hydrogen-bond donors (Lipinski definition) is 1. The van der Waals surface area contributed by atoms with Gasteiger partial charge in [-0.25, -0.2) is 0 Å². The second-order valence-electron chi connectivity index (χ2n) is 6.52. The van der Waals surface area contributed by atoms with Crippen LogP contribution in [0.25, 0.3) is 0 Å². The number of rotatable bonds is 7. The number of anilines is 1. The van der Waals surface area contributed by atoms with Gasteiger partial charge in [-0.3, -0.25) is 9.48 Å². The van der Waals surface area contributed by atoms with E-state index in [1.807, 2.05) is 35.1 Å².